The van der Waals surface area contributed by atoms with Gasteiger partial charge in [-0.15, -0.1) is 0 Å². The lowest BCUT2D eigenvalue weighted by Crippen LogP contribution is -2.24. The maximum absolute atomic E-state index is 13.7. The van der Waals surface area contributed by atoms with Gasteiger partial charge in [0.15, 0.2) is 5.82 Å². The summed E-state index contributed by atoms with van der Waals surface area (Å²) in [6, 6.07) is 0.815. The van der Waals surface area contributed by atoms with Crippen molar-refractivity contribution in [3.63, 3.8) is 0 Å². The van der Waals surface area contributed by atoms with Crippen LogP contribution < -0.4 is 5.43 Å². The van der Waals surface area contributed by atoms with Crippen molar-refractivity contribution < 1.29 is 31.9 Å². The lowest BCUT2D eigenvalue weighted by molar-refractivity contribution is -0.140. The number of halogens is 5. The molecule has 0 saturated heterocycles. The number of carbonyl (C=O) groups is 1. The van der Waals surface area contributed by atoms with Gasteiger partial charge in [0.2, 0.25) is 5.43 Å². The first-order chi connectivity index (χ1) is 9.60. The molecule has 0 aliphatic carbocycles. The molecular formula is C12H6F5NO3. The zero-order valence-corrected chi connectivity index (χ0v) is 10.0. The van der Waals surface area contributed by atoms with Gasteiger partial charge < -0.3 is 9.67 Å². The molecule has 21 heavy (non-hydrogen) atoms. The Morgan fingerprint density at radius 2 is 1.86 bits per heavy atom. The van der Waals surface area contributed by atoms with Gasteiger partial charge in [-0.05, 0) is 6.07 Å². The van der Waals surface area contributed by atoms with E-state index in [1.54, 1.807) is 0 Å². The summed E-state index contributed by atoms with van der Waals surface area (Å²) in [5, 5.41) is 8.04. The Morgan fingerprint density at radius 1 is 1.24 bits per heavy atom. The van der Waals surface area contributed by atoms with Crippen molar-refractivity contribution in [1.82, 2.24) is 4.57 Å². The van der Waals surface area contributed by atoms with Crippen LogP contribution in [0.15, 0.2) is 23.1 Å². The number of carboxylic acid groups (broad SMARTS) is 1. The Bertz CT molecular complexity index is 794. The number of alkyl halides is 3. The van der Waals surface area contributed by atoms with Crippen molar-refractivity contribution in [2.75, 3.05) is 0 Å². The Hall–Kier alpha value is -2.45. The molecule has 9 heteroatoms. The monoisotopic (exact) mass is 307 g/mol. The fourth-order valence-corrected chi connectivity index (χ4v) is 1.93. The fraction of sp³-hybridized carbons (Fsp3) is 0.167. The average molecular weight is 307 g/mol. The topological polar surface area (TPSA) is 59.3 Å². The Labute approximate surface area is 113 Å². The Balaban J connectivity index is 2.92. The molecular weight excluding hydrogens is 301 g/mol. The fourth-order valence-electron chi connectivity index (χ4n) is 1.93. The second-order valence-electron chi connectivity index (χ2n) is 4.20. The zero-order valence-electron chi connectivity index (χ0n) is 10.0. The highest BCUT2D eigenvalue weighted by molar-refractivity contribution is 5.92. The molecule has 112 valence electrons. The summed E-state index contributed by atoms with van der Waals surface area (Å²) < 4.78 is 64.4. The normalized spacial score (nSPS) is 11.9. The van der Waals surface area contributed by atoms with Crippen molar-refractivity contribution in [1.29, 1.82) is 0 Å². The summed E-state index contributed by atoms with van der Waals surface area (Å²) in [6.07, 6.45) is -4.39. The van der Waals surface area contributed by atoms with E-state index in [0.717, 1.165) is 0 Å². The van der Waals surface area contributed by atoms with Crippen LogP contribution in [0.5, 0.6) is 0 Å². The van der Waals surface area contributed by atoms with Crippen LogP contribution in [0.25, 0.3) is 10.9 Å². The third-order valence-corrected chi connectivity index (χ3v) is 2.67. The minimum atomic E-state index is -4.78. The first kappa shape index (κ1) is 14.9. The summed E-state index contributed by atoms with van der Waals surface area (Å²) in [5.41, 5.74) is -3.06. The molecule has 0 aliphatic rings. The van der Waals surface area contributed by atoms with Crippen LogP contribution in [0.3, 0.4) is 0 Å². The number of nitrogens with zero attached hydrogens (tertiary/aromatic N) is 1. The van der Waals surface area contributed by atoms with Gasteiger partial charge in [0.1, 0.15) is 17.9 Å². The Kier molecular flexibility index (Phi) is 3.44. The van der Waals surface area contributed by atoms with E-state index >= 15 is 0 Å². The van der Waals surface area contributed by atoms with Crippen LogP contribution in [0.1, 0.15) is 10.4 Å². The average Bonchev–Trinajstić information content (AvgIpc) is 2.29. The number of aromatic nitrogens is 1. The van der Waals surface area contributed by atoms with E-state index < -0.39 is 52.2 Å². The molecule has 0 atom stereocenters. The molecule has 0 spiro atoms. The quantitative estimate of drug-likeness (QED) is 0.867. The second-order valence-corrected chi connectivity index (χ2v) is 4.20. The molecule has 1 aromatic carbocycles. The highest BCUT2D eigenvalue weighted by atomic mass is 19.4. The van der Waals surface area contributed by atoms with Crippen LogP contribution in [0.4, 0.5) is 22.0 Å². The second kappa shape index (κ2) is 4.83. The van der Waals surface area contributed by atoms with E-state index in [1.165, 1.54) is 0 Å². The Morgan fingerprint density at radius 3 is 2.38 bits per heavy atom. The summed E-state index contributed by atoms with van der Waals surface area (Å²) in [7, 11) is 0. The zero-order chi connectivity index (χ0) is 15.9. The van der Waals surface area contributed by atoms with Crippen LogP contribution in [-0.4, -0.2) is 21.8 Å². The van der Waals surface area contributed by atoms with Gasteiger partial charge in [0, 0.05) is 12.3 Å². The predicted octanol–water partition coefficient (Wildman–Crippen LogP) is 2.54. The third-order valence-electron chi connectivity index (χ3n) is 2.67. The largest absolute Gasteiger partial charge is 0.477 e. The lowest BCUT2D eigenvalue weighted by Gasteiger charge is -2.14. The highest BCUT2D eigenvalue weighted by Crippen LogP contribution is 2.23. The molecule has 0 fully saturated rings. The number of fused-ring (bicyclic) bond motifs is 1. The van der Waals surface area contributed by atoms with Crippen molar-refractivity contribution in [2.24, 2.45) is 0 Å². The lowest BCUT2D eigenvalue weighted by atomic mass is 10.1. The summed E-state index contributed by atoms with van der Waals surface area (Å²) in [5.74, 6) is -4.37. The first-order valence-corrected chi connectivity index (χ1v) is 5.42. The van der Waals surface area contributed by atoms with Gasteiger partial charge in [-0.3, -0.25) is 4.79 Å². The van der Waals surface area contributed by atoms with Crippen LogP contribution in [0, 0.1) is 11.6 Å². The molecule has 0 amide bonds. The molecule has 0 radical (unpaired) electrons. The molecule has 4 nitrogen and oxygen atoms in total. The van der Waals surface area contributed by atoms with Gasteiger partial charge in [0.25, 0.3) is 0 Å². The molecule has 1 N–H and O–H groups in total. The van der Waals surface area contributed by atoms with Crippen molar-refractivity contribution in [3.8, 4) is 0 Å². The predicted molar refractivity (Wildman–Crippen MR) is 61.1 cm³/mol. The summed E-state index contributed by atoms with van der Waals surface area (Å²) in [4.78, 5) is 22.7. The van der Waals surface area contributed by atoms with Gasteiger partial charge in [-0.2, -0.15) is 13.2 Å². The van der Waals surface area contributed by atoms with Crippen molar-refractivity contribution in [2.45, 2.75) is 12.7 Å². The van der Waals surface area contributed by atoms with E-state index in [-0.39, 0.29) is 4.57 Å². The maximum Gasteiger partial charge on any atom is 0.406 e. The summed E-state index contributed by atoms with van der Waals surface area (Å²) >= 11 is 0. The van der Waals surface area contributed by atoms with Crippen LogP contribution in [0.2, 0.25) is 0 Å². The van der Waals surface area contributed by atoms with Crippen LogP contribution >= 0.6 is 0 Å². The smallest absolute Gasteiger partial charge is 0.406 e. The molecule has 2 aromatic rings. The van der Waals surface area contributed by atoms with Gasteiger partial charge in [-0.1, -0.05) is 0 Å². The SMILES string of the molecule is O=C(O)c1cn(CC(F)(F)F)c2c(F)cc(F)cc2c1=O. The number of hydrogen-bond donors (Lipinski definition) is 1. The molecule has 0 saturated carbocycles. The number of hydrogen-bond acceptors (Lipinski definition) is 2. The molecule has 2 rings (SSSR count). The minimum Gasteiger partial charge on any atom is -0.477 e. The molecule has 0 aliphatic heterocycles. The standard InChI is InChI=1S/C12H6F5NO3/c13-5-1-6-9(8(14)2-5)18(4-12(15,16)17)3-7(10(6)19)11(20)21/h1-3H,4H2,(H,20,21). The molecule has 1 heterocycles. The maximum atomic E-state index is 13.7. The number of aromatic carboxylic acids is 1. The van der Waals surface area contributed by atoms with Crippen molar-refractivity contribution >= 4 is 16.9 Å². The molecule has 1 aromatic heterocycles. The summed E-state index contributed by atoms with van der Waals surface area (Å²) in [6.45, 7) is -1.72. The van der Waals surface area contributed by atoms with E-state index in [1.807, 2.05) is 0 Å². The number of rotatable bonds is 2. The van der Waals surface area contributed by atoms with Gasteiger partial charge >= 0.3 is 12.1 Å². The third kappa shape index (κ3) is 2.86. The molecule has 0 bridgehead atoms. The van der Waals surface area contributed by atoms with Crippen LogP contribution in [-0.2, 0) is 6.54 Å². The highest BCUT2D eigenvalue weighted by Gasteiger charge is 2.30. The van der Waals surface area contributed by atoms with Gasteiger partial charge in [-0.25, -0.2) is 13.6 Å². The van der Waals surface area contributed by atoms with E-state index in [9.17, 15) is 31.5 Å². The molecule has 0 unspecified atom stereocenters. The number of benzene rings is 1. The number of carboxylic acids is 1. The van der Waals surface area contributed by atoms with Crippen molar-refractivity contribution in [3.05, 3.63) is 45.8 Å². The van der Waals surface area contributed by atoms with E-state index in [0.29, 0.717) is 18.3 Å². The first-order valence-electron chi connectivity index (χ1n) is 5.42. The minimum absolute atomic E-state index is 0.231. The number of pyridine rings is 1. The van der Waals surface area contributed by atoms with Gasteiger partial charge in [0.05, 0.1) is 10.9 Å². The van der Waals surface area contributed by atoms with E-state index in [2.05, 4.69) is 0 Å². The van der Waals surface area contributed by atoms with E-state index in [4.69, 9.17) is 5.11 Å².